The van der Waals surface area contributed by atoms with Crippen LogP contribution in [0.4, 0.5) is 4.79 Å². The average Bonchev–Trinajstić information content (AvgIpc) is 2.53. The summed E-state index contributed by atoms with van der Waals surface area (Å²) >= 11 is 0. The Balaban J connectivity index is 2.09. The maximum Gasteiger partial charge on any atom is 0.519 e. The monoisotopic (exact) mass is 224 g/mol. The molecule has 1 aromatic rings. The number of rotatable bonds is 0. The second-order valence-corrected chi connectivity index (χ2v) is 3.63. The minimum atomic E-state index is -1.30. The first kappa shape index (κ1) is 9.26. The smallest absolute Gasteiger partial charge is 0.395 e. The van der Waals surface area contributed by atoms with Gasteiger partial charge in [0, 0.05) is 6.42 Å². The molecule has 16 heavy (non-hydrogen) atoms. The zero-order valence-corrected chi connectivity index (χ0v) is 8.23. The van der Waals surface area contributed by atoms with Gasteiger partial charge >= 0.3 is 17.8 Å². The van der Waals surface area contributed by atoms with Crippen LogP contribution in [0, 0.1) is 0 Å². The average molecular weight is 224 g/mol. The van der Waals surface area contributed by atoms with Gasteiger partial charge in [-0.15, -0.1) is 0 Å². The number of hydrogen-bond acceptors (Lipinski definition) is 6. The van der Waals surface area contributed by atoms with Crippen molar-refractivity contribution in [3.8, 4) is 0 Å². The number of aryl methyl sites for hydroxylation is 1. The van der Waals surface area contributed by atoms with Gasteiger partial charge in [0.05, 0.1) is 6.42 Å². The summed E-state index contributed by atoms with van der Waals surface area (Å²) in [5.41, 5.74) is 0. The second kappa shape index (κ2) is 3.01. The third kappa shape index (κ3) is 1.19. The molecule has 1 saturated heterocycles. The van der Waals surface area contributed by atoms with E-state index in [0.29, 0.717) is 18.6 Å². The lowest BCUT2D eigenvalue weighted by Gasteiger charge is -2.37. The highest BCUT2D eigenvalue weighted by Gasteiger charge is 2.55. The van der Waals surface area contributed by atoms with Gasteiger partial charge in [-0.3, -0.25) is 0 Å². The van der Waals surface area contributed by atoms with E-state index >= 15 is 0 Å². The summed E-state index contributed by atoms with van der Waals surface area (Å²) in [6.07, 6.45) is 4.52. The van der Waals surface area contributed by atoms with Gasteiger partial charge in [0.15, 0.2) is 5.76 Å². The lowest BCUT2D eigenvalue weighted by Crippen LogP contribution is -2.47. The molecule has 0 N–H and O–H groups in total. The Hall–Kier alpha value is -1.98. The molecule has 1 aliphatic carbocycles. The van der Waals surface area contributed by atoms with E-state index in [-0.39, 0.29) is 5.76 Å². The van der Waals surface area contributed by atoms with Crippen molar-refractivity contribution in [1.82, 2.24) is 0 Å². The van der Waals surface area contributed by atoms with E-state index in [1.54, 1.807) is 0 Å². The standard InChI is InChI=1S/C10H8O6/c11-8-13-6-4-2-1-3-5-10(7(6)14-8)15-9(12)16-10/h1,3H,2,4-5H2/b3-1-. The number of fused-ring (bicyclic) bond motifs is 2. The van der Waals surface area contributed by atoms with Crippen molar-refractivity contribution in [2.45, 2.75) is 25.0 Å². The van der Waals surface area contributed by atoms with Crippen molar-refractivity contribution in [2.75, 3.05) is 0 Å². The van der Waals surface area contributed by atoms with Gasteiger partial charge in [-0.1, -0.05) is 12.2 Å². The highest BCUT2D eigenvalue weighted by atomic mass is 16.9. The molecule has 1 spiro atoms. The first-order valence-electron chi connectivity index (χ1n) is 4.90. The van der Waals surface area contributed by atoms with Crippen LogP contribution in [0.3, 0.4) is 0 Å². The minimum Gasteiger partial charge on any atom is -0.395 e. The number of ether oxygens (including phenoxy) is 2. The Bertz CT molecular complexity index is 512. The number of hydrogen-bond donors (Lipinski definition) is 0. The summed E-state index contributed by atoms with van der Waals surface area (Å²) < 4.78 is 19.6. The van der Waals surface area contributed by atoms with Gasteiger partial charge in [0.25, 0.3) is 0 Å². The van der Waals surface area contributed by atoms with E-state index in [9.17, 15) is 9.59 Å². The number of carbonyl (C=O) groups excluding carboxylic acids is 1. The van der Waals surface area contributed by atoms with Crippen LogP contribution in [0.5, 0.6) is 0 Å². The molecular formula is C10H8O6. The maximum atomic E-state index is 11.0. The molecule has 6 heteroatoms. The molecular weight excluding hydrogens is 216 g/mol. The van der Waals surface area contributed by atoms with Crippen molar-refractivity contribution >= 4 is 6.16 Å². The van der Waals surface area contributed by atoms with E-state index in [1.165, 1.54) is 0 Å². The zero-order chi connectivity index (χ0) is 11.2. The number of allylic oxidation sites excluding steroid dienone is 1. The van der Waals surface area contributed by atoms with Crippen LogP contribution in [-0.2, 0) is 21.7 Å². The summed E-state index contributed by atoms with van der Waals surface area (Å²) in [6, 6.07) is 0. The molecule has 0 aromatic carbocycles. The van der Waals surface area contributed by atoms with E-state index in [2.05, 4.69) is 0 Å². The predicted octanol–water partition coefficient (Wildman–Crippen LogP) is 1.44. The molecule has 1 aromatic heterocycles. The van der Waals surface area contributed by atoms with Gasteiger partial charge in [-0.2, -0.15) is 0 Å². The third-order valence-corrected chi connectivity index (χ3v) is 2.58. The van der Waals surface area contributed by atoms with Crippen molar-refractivity contribution < 1.29 is 23.1 Å². The predicted molar refractivity (Wildman–Crippen MR) is 48.6 cm³/mol. The highest BCUT2D eigenvalue weighted by Crippen LogP contribution is 2.42. The van der Waals surface area contributed by atoms with Crippen LogP contribution in [0.15, 0.2) is 25.8 Å². The fourth-order valence-corrected chi connectivity index (χ4v) is 1.88. The molecule has 3 rings (SSSR count). The lowest BCUT2D eigenvalue weighted by atomic mass is 10.0. The molecule has 1 fully saturated rings. The van der Waals surface area contributed by atoms with Crippen molar-refractivity contribution in [3.63, 3.8) is 0 Å². The van der Waals surface area contributed by atoms with Crippen LogP contribution < -0.4 is 5.82 Å². The van der Waals surface area contributed by atoms with E-state index < -0.39 is 17.8 Å². The Labute approximate surface area is 89.4 Å². The van der Waals surface area contributed by atoms with Crippen LogP contribution in [0.1, 0.15) is 24.4 Å². The van der Waals surface area contributed by atoms with Crippen LogP contribution in [-0.4, -0.2) is 6.16 Å². The normalized spacial score (nSPS) is 23.4. The first-order valence-corrected chi connectivity index (χ1v) is 4.90. The van der Waals surface area contributed by atoms with Gasteiger partial charge in [0.2, 0.25) is 5.76 Å². The van der Waals surface area contributed by atoms with Gasteiger partial charge in [0.1, 0.15) is 0 Å². The van der Waals surface area contributed by atoms with Crippen molar-refractivity contribution in [2.24, 2.45) is 0 Å². The van der Waals surface area contributed by atoms with Crippen LogP contribution >= 0.6 is 0 Å². The molecule has 6 nitrogen and oxygen atoms in total. The number of carbonyl (C=O) groups is 1. The van der Waals surface area contributed by atoms with Crippen LogP contribution in [0.25, 0.3) is 0 Å². The molecule has 2 aliphatic rings. The fraction of sp³-hybridized carbons (Fsp3) is 0.400. The van der Waals surface area contributed by atoms with E-state index in [4.69, 9.17) is 18.3 Å². The molecule has 2 heterocycles. The van der Waals surface area contributed by atoms with Crippen molar-refractivity contribution in [1.29, 1.82) is 0 Å². The SMILES string of the molecule is O=C1OC2(C/C=C\CCc3oc(=O)oc32)O1. The Morgan fingerprint density at radius 2 is 1.94 bits per heavy atom. The highest BCUT2D eigenvalue weighted by molar-refractivity contribution is 5.66. The first-order chi connectivity index (χ1) is 7.70. The Kier molecular flexibility index (Phi) is 1.74. The molecule has 0 amide bonds. The second-order valence-electron chi connectivity index (χ2n) is 3.63. The summed E-state index contributed by atoms with van der Waals surface area (Å²) in [5, 5.41) is 0. The summed E-state index contributed by atoms with van der Waals surface area (Å²) in [6.45, 7) is 0. The maximum absolute atomic E-state index is 11.0. The van der Waals surface area contributed by atoms with Gasteiger partial charge in [-0.25, -0.2) is 9.59 Å². The Morgan fingerprint density at radius 1 is 1.12 bits per heavy atom. The minimum absolute atomic E-state index is 0.168. The third-order valence-electron chi connectivity index (χ3n) is 2.58. The molecule has 0 atom stereocenters. The van der Waals surface area contributed by atoms with E-state index in [0.717, 1.165) is 6.42 Å². The summed E-state index contributed by atoms with van der Waals surface area (Å²) in [5.74, 6) is -1.56. The molecule has 0 bridgehead atoms. The summed E-state index contributed by atoms with van der Waals surface area (Å²) in [7, 11) is 0. The topological polar surface area (TPSA) is 78.9 Å². The molecule has 0 unspecified atom stereocenters. The fourth-order valence-electron chi connectivity index (χ4n) is 1.88. The molecule has 84 valence electrons. The lowest BCUT2D eigenvalue weighted by molar-refractivity contribution is -0.288. The molecule has 0 radical (unpaired) electrons. The zero-order valence-electron chi connectivity index (χ0n) is 8.23. The van der Waals surface area contributed by atoms with Gasteiger partial charge in [-0.05, 0) is 6.42 Å². The van der Waals surface area contributed by atoms with Crippen LogP contribution in [0.2, 0.25) is 0 Å². The van der Waals surface area contributed by atoms with Crippen molar-refractivity contribution in [3.05, 3.63) is 34.3 Å². The molecule has 1 aliphatic heterocycles. The Morgan fingerprint density at radius 3 is 2.69 bits per heavy atom. The quantitative estimate of drug-likeness (QED) is 0.490. The summed E-state index contributed by atoms with van der Waals surface area (Å²) in [4.78, 5) is 21.8. The largest absolute Gasteiger partial charge is 0.519 e. The molecule has 0 saturated carbocycles. The van der Waals surface area contributed by atoms with E-state index in [1.807, 2.05) is 12.2 Å². The van der Waals surface area contributed by atoms with Gasteiger partial charge < -0.3 is 18.3 Å².